The maximum atomic E-state index is 14.2. The van der Waals surface area contributed by atoms with Gasteiger partial charge in [0.1, 0.15) is 11.6 Å². The summed E-state index contributed by atoms with van der Waals surface area (Å²) in [5.74, 6) is -2.28. The molecule has 1 aliphatic heterocycles. The molecule has 2 N–H and O–H groups in total. The van der Waals surface area contributed by atoms with Gasteiger partial charge in [0.2, 0.25) is 15.9 Å². The SMILES string of the molecule is C[C@@H]1CCCCO[C@@H](CN(C)S(=O)(=O)c2ccc(F)cc2)[C@H](C)CN([C@H](C)CO)C(=O)c2cc(NC(=O)CCC(F)(F)F)ccc2O1. The second-order valence-corrected chi connectivity index (χ2v) is 14.0. The highest BCUT2D eigenvalue weighted by Crippen LogP contribution is 2.29. The molecule has 0 saturated heterocycles. The third kappa shape index (κ3) is 11.2. The van der Waals surface area contributed by atoms with Crippen LogP contribution in [0.2, 0.25) is 0 Å². The van der Waals surface area contributed by atoms with Crippen molar-refractivity contribution in [1.29, 1.82) is 0 Å². The molecule has 0 bridgehead atoms. The summed E-state index contributed by atoms with van der Waals surface area (Å²) in [6.07, 6.45) is -5.72. The summed E-state index contributed by atoms with van der Waals surface area (Å²) < 4.78 is 91.4. The van der Waals surface area contributed by atoms with Crippen LogP contribution in [0.4, 0.5) is 23.2 Å². The van der Waals surface area contributed by atoms with E-state index in [-0.39, 0.29) is 41.1 Å². The number of ether oxygens (including phenoxy) is 2. The molecule has 1 aliphatic rings. The first kappa shape index (κ1) is 38.2. The maximum Gasteiger partial charge on any atom is 0.389 e. The molecule has 1 heterocycles. The number of hydrogen-bond acceptors (Lipinski definition) is 7. The second-order valence-electron chi connectivity index (χ2n) is 11.9. The highest BCUT2D eigenvalue weighted by atomic mass is 32.2. The third-order valence-electron chi connectivity index (χ3n) is 7.93. The van der Waals surface area contributed by atoms with E-state index < -0.39 is 71.3 Å². The zero-order valence-electron chi connectivity index (χ0n) is 26.9. The van der Waals surface area contributed by atoms with Crippen molar-refractivity contribution in [2.75, 3.05) is 38.7 Å². The first-order valence-corrected chi connectivity index (χ1v) is 16.9. The van der Waals surface area contributed by atoms with Crippen LogP contribution in [0.25, 0.3) is 0 Å². The molecule has 10 nitrogen and oxygen atoms in total. The van der Waals surface area contributed by atoms with Crippen LogP contribution >= 0.6 is 0 Å². The molecule has 0 fully saturated rings. The average Bonchev–Trinajstić information content (AvgIpc) is 3.01. The number of carbonyl (C=O) groups is 2. The molecule has 0 spiro atoms. The van der Waals surface area contributed by atoms with Gasteiger partial charge in [0.15, 0.2) is 0 Å². The van der Waals surface area contributed by atoms with Crippen molar-refractivity contribution in [2.24, 2.45) is 5.92 Å². The van der Waals surface area contributed by atoms with Gasteiger partial charge in [-0.3, -0.25) is 9.59 Å². The van der Waals surface area contributed by atoms with Gasteiger partial charge in [0.25, 0.3) is 5.91 Å². The smallest absolute Gasteiger partial charge is 0.389 e. The first-order chi connectivity index (χ1) is 22.0. The molecule has 2 aromatic carbocycles. The molecule has 2 amide bonds. The molecule has 4 atom stereocenters. The van der Waals surface area contributed by atoms with E-state index in [4.69, 9.17) is 9.47 Å². The van der Waals surface area contributed by atoms with Gasteiger partial charge in [-0.15, -0.1) is 0 Å². The Morgan fingerprint density at radius 1 is 1.15 bits per heavy atom. The number of nitrogens with zero attached hydrogens (tertiary/aromatic N) is 2. The molecule has 0 unspecified atom stereocenters. The minimum atomic E-state index is -4.51. The van der Waals surface area contributed by atoms with Crippen LogP contribution in [0, 0.1) is 11.7 Å². The topological polar surface area (TPSA) is 125 Å². The number of hydrogen-bond donors (Lipinski definition) is 2. The van der Waals surface area contributed by atoms with E-state index in [0.29, 0.717) is 25.9 Å². The van der Waals surface area contributed by atoms with Gasteiger partial charge in [-0.1, -0.05) is 6.92 Å². The van der Waals surface area contributed by atoms with Crippen LogP contribution in [0.3, 0.4) is 0 Å². The first-order valence-electron chi connectivity index (χ1n) is 15.4. The fraction of sp³-hybridized carbons (Fsp3) is 0.562. The number of fused-ring (bicyclic) bond motifs is 1. The van der Waals surface area contributed by atoms with Crippen molar-refractivity contribution in [2.45, 2.75) is 82.2 Å². The van der Waals surface area contributed by atoms with Crippen molar-refractivity contribution in [1.82, 2.24) is 9.21 Å². The quantitative estimate of drug-likeness (QED) is 0.346. The number of rotatable bonds is 9. The number of aliphatic hydroxyl groups excluding tert-OH is 1. The van der Waals surface area contributed by atoms with Gasteiger partial charge in [-0.05, 0) is 75.6 Å². The lowest BCUT2D eigenvalue weighted by Gasteiger charge is -2.35. The van der Waals surface area contributed by atoms with E-state index in [1.165, 1.54) is 42.3 Å². The minimum absolute atomic E-state index is 0.0207. The highest BCUT2D eigenvalue weighted by molar-refractivity contribution is 7.89. The van der Waals surface area contributed by atoms with E-state index >= 15 is 0 Å². The molecule has 3 rings (SSSR count). The number of alkyl halides is 3. The van der Waals surface area contributed by atoms with Gasteiger partial charge in [0, 0.05) is 44.8 Å². The Morgan fingerprint density at radius 2 is 1.83 bits per heavy atom. The predicted octanol–water partition coefficient (Wildman–Crippen LogP) is 5.22. The second kappa shape index (κ2) is 16.7. The number of likely N-dealkylation sites (N-methyl/N-ethyl adjacent to an activating group) is 1. The Labute approximate surface area is 273 Å². The average molecular weight is 690 g/mol. The van der Waals surface area contributed by atoms with Crippen LogP contribution < -0.4 is 10.1 Å². The summed E-state index contributed by atoms with van der Waals surface area (Å²) in [4.78, 5) is 27.7. The summed E-state index contributed by atoms with van der Waals surface area (Å²) in [7, 11) is -2.62. The molecule has 2 aromatic rings. The monoisotopic (exact) mass is 689 g/mol. The van der Waals surface area contributed by atoms with Gasteiger partial charge < -0.3 is 24.8 Å². The van der Waals surface area contributed by atoms with E-state index in [9.17, 15) is 40.7 Å². The van der Waals surface area contributed by atoms with E-state index in [0.717, 1.165) is 16.4 Å². The molecule has 0 aromatic heterocycles. The Bertz CT molecular complexity index is 1460. The van der Waals surface area contributed by atoms with Gasteiger partial charge in [-0.25, -0.2) is 12.8 Å². The highest BCUT2D eigenvalue weighted by Gasteiger charge is 2.33. The molecule has 0 aliphatic carbocycles. The normalized spacial score (nSPS) is 21.0. The van der Waals surface area contributed by atoms with E-state index in [1.54, 1.807) is 13.8 Å². The number of halogens is 4. The summed E-state index contributed by atoms with van der Waals surface area (Å²) in [5.41, 5.74) is 0.128. The lowest BCUT2D eigenvalue weighted by atomic mass is 10.0. The fourth-order valence-corrected chi connectivity index (χ4v) is 6.26. The molecule has 0 saturated carbocycles. The van der Waals surface area contributed by atoms with Gasteiger partial charge >= 0.3 is 6.18 Å². The number of benzene rings is 2. The fourth-order valence-electron chi connectivity index (χ4n) is 5.08. The number of anilines is 1. The molecule has 0 radical (unpaired) electrons. The lowest BCUT2D eigenvalue weighted by molar-refractivity contribution is -0.142. The summed E-state index contributed by atoms with van der Waals surface area (Å²) in [5, 5.41) is 12.5. The molecular weight excluding hydrogens is 646 g/mol. The van der Waals surface area contributed by atoms with Gasteiger partial charge in [0.05, 0.1) is 41.7 Å². The Balaban J connectivity index is 1.94. The third-order valence-corrected chi connectivity index (χ3v) is 9.77. The zero-order valence-corrected chi connectivity index (χ0v) is 27.7. The summed E-state index contributed by atoms with van der Waals surface area (Å²) in [6, 6.07) is 8.01. The van der Waals surface area contributed by atoms with Crippen molar-refractivity contribution in [3.63, 3.8) is 0 Å². The van der Waals surface area contributed by atoms with Crippen molar-refractivity contribution < 1.29 is 50.1 Å². The van der Waals surface area contributed by atoms with Crippen LogP contribution in [-0.4, -0.2) is 92.3 Å². The van der Waals surface area contributed by atoms with E-state index in [1.807, 2.05) is 6.92 Å². The number of carbonyl (C=O) groups excluding carboxylic acids is 2. The largest absolute Gasteiger partial charge is 0.490 e. The molecular formula is C32H43F4N3O7S. The van der Waals surface area contributed by atoms with Crippen LogP contribution in [0.15, 0.2) is 47.4 Å². The predicted molar refractivity (Wildman–Crippen MR) is 167 cm³/mol. The van der Waals surface area contributed by atoms with Crippen molar-refractivity contribution >= 4 is 27.5 Å². The van der Waals surface area contributed by atoms with Crippen LogP contribution in [-0.2, 0) is 19.6 Å². The van der Waals surface area contributed by atoms with E-state index in [2.05, 4.69) is 5.32 Å². The summed E-state index contributed by atoms with van der Waals surface area (Å²) in [6.45, 7) is 5.07. The van der Waals surface area contributed by atoms with Crippen LogP contribution in [0.5, 0.6) is 5.75 Å². The molecule has 262 valence electrons. The lowest BCUT2D eigenvalue weighted by Crippen LogP contribution is -2.48. The van der Waals surface area contributed by atoms with Crippen molar-refractivity contribution in [3.8, 4) is 5.75 Å². The Morgan fingerprint density at radius 3 is 2.47 bits per heavy atom. The number of amides is 2. The molecule has 15 heteroatoms. The minimum Gasteiger partial charge on any atom is -0.490 e. The van der Waals surface area contributed by atoms with Gasteiger partial charge in [-0.2, -0.15) is 17.5 Å². The number of aliphatic hydroxyl groups is 1. The van der Waals surface area contributed by atoms with Crippen molar-refractivity contribution in [3.05, 3.63) is 53.8 Å². The molecule has 47 heavy (non-hydrogen) atoms. The Kier molecular flexibility index (Phi) is 13.6. The standard InChI is InChI=1S/C32H43F4N3O7S/c1-21-18-39(22(2)20-40)31(42)27-17-25(37-30(41)14-15-32(34,35)36)10-13-28(27)46-23(3)7-5-6-16-45-29(21)19-38(4)47(43,44)26-11-8-24(33)9-12-26/h8-13,17,21-23,29,40H,5-7,14-16,18-20H2,1-4H3,(H,37,41)/t21-,22-,23-,29+/m1/s1. The number of sulfonamides is 1. The zero-order chi connectivity index (χ0) is 34.9. The Hall–Kier alpha value is -3.27. The summed E-state index contributed by atoms with van der Waals surface area (Å²) >= 11 is 0. The van der Waals surface area contributed by atoms with Crippen LogP contribution in [0.1, 0.15) is 63.2 Å². The maximum absolute atomic E-state index is 14.2. The number of nitrogens with one attached hydrogen (secondary N) is 1.